The molecule has 26 heavy (non-hydrogen) atoms. The van der Waals surface area contributed by atoms with Gasteiger partial charge in [0.25, 0.3) is 0 Å². The molecule has 0 radical (unpaired) electrons. The van der Waals surface area contributed by atoms with E-state index in [1.54, 1.807) is 0 Å². The quantitative estimate of drug-likeness (QED) is 0.722. The van der Waals surface area contributed by atoms with Gasteiger partial charge in [-0.25, -0.2) is 4.99 Å². The Morgan fingerprint density at radius 1 is 1.35 bits per heavy atom. The molecule has 0 aromatic carbocycles. The lowest BCUT2D eigenvalue weighted by Crippen LogP contribution is -2.53. The highest BCUT2D eigenvalue weighted by atomic mass is 16.5. The molecule has 2 unspecified atom stereocenters. The molecule has 2 saturated heterocycles. The monoisotopic (exact) mass is 358 g/mol. The van der Waals surface area contributed by atoms with Crippen molar-refractivity contribution in [1.82, 2.24) is 24.9 Å². The molecule has 142 valence electrons. The third kappa shape index (κ3) is 3.54. The maximum atomic E-state index is 5.89. The van der Waals surface area contributed by atoms with Crippen molar-refractivity contribution < 1.29 is 4.74 Å². The van der Waals surface area contributed by atoms with Crippen molar-refractivity contribution >= 4 is 5.84 Å². The van der Waals surface area contributed by atoms with E-state index in [4.69, 9.17) is 9.73 Å². The number of hydrogen-bond donors (Lipinski definition) is 1. The molecule has 0 aromatic rings. The second kappa shape index (κ2) is 7.87. The fourth-order valence-electron chi connectivity index (χ4n) is 4.16. The highest BCUT2D eigenvalue weighted by Crippen LogP contribution is 2.29. The normalized spacial score (nSPS) is 29.2. The van der Waals surface area contributed by atoms with Crippen LogP contribution in [0, 0.1) is 11.8 Å². The number of aliphatic imine (C=N–C) groups is 1. The molecule has 4 aliphatic rings. The van der Waals surface area contributed by atoms with Crippen LogP contribution in [-0.4, -0.2) is 97.4 Å². The Bertz CT molecular complexity index is 624. The summed E-state index contributed by atoms with van der Waals surface area (Å²) in [6.45, 7) is 9.38. The largest absolute Gasteiger partial charge is 0.376 e. The lowest BCUT2D eigenvalue weighted by Gasteiger charge is -2.38. The fraction of sp³-hybridized carbons (Fsp3) is 0.737. The van der Waals surface area contributed by atoms with Crippen molar-refractivity contribution in [2.24, 2.45) is 4.99 Å². The van der Waals surface area contributed by atoms with Crippen LogP contribution in [0.4, 0.5) is 0 Å². The van der Waals surface area contributed by atoms with Gasteiger partial charge in [-0.3, -0.25) is 4.90 Å². The van der Waals surface area contributed by atoms with Crippen LogP contribution >= 0.6 is 0 Å². The number of nitrogens with one attached hydrogen (secondary N) is 1. The first-order valence-electron chi connectivity index (χ1n) is 9.74. The summed E-state index contributed by atoms with van der Waals surface area (Å²) in [7, 11) is 2.13. The second-order valence-corrected chi connectivity index (χ2v) is 7.41. The first-order valence-corrected chi connectivity index (χ1v) is 9.74. The number of fused-ring (bicyclic) bond motifs is 1. The zero-order valence-corrected chi connectivity index (χ0v) is 15.9. The lowest BCUT2D eigenvalue weighted by atomic mass is 10.2. The number of nitrogens with zero attached hydrogens (tertiary/aromatic N) is 5. The number of amidine groups is 1. The molecule has 7 heteroatoms. The Balaban J connectivity index is 1.59. The van der Waals surface area contributed by atoms with Gasteiger partial charge in [0.2, 0.25) is 0 Å². The van der Waals surface area contributed by atoms with E-state index in [1.807, 2.05) is 6.92 Å². The summed E-state index contributed by atoms with van der Waals surface area (Å²) in [6.07, 6.45) is 4.93. The molecule has 0 aliphatic carbocycles. The Morgan fingerprint density at radius 3 is 2.92 bits per heavy atom. The van der Waals surface area contributed by atoms with Crippen molar-refractivity contribution in [1.29, 1.82) is 0 Å². The van der Waals surface area contributed by atoms with Crippen LogP contribution in [0.25, 0.3) is 0 Å². The van der Waals surface area contributed by atoms with Crippen molar-refractivity contribution in [3.8, 4) is 11.8 Å². The van der Waals surface area contributed by atoms with E-state index < -0.39 is 0 Å². The van der Waals surface area contributed by atoms with Gasteiger partial charge in [-0.15, -0.1) is 5.92 Å². The van der Waals surface area contributed by atoms with E-state index >= 15 is 0 Å². The molecule has 2 fully saturated rings. The molecular weight excluding hydrogens is 328 g/mol. The van der Waals surface area contributed by atoms with E-state index in [2.05, 4.69) is 50.0 Å². The SMILES string of the molecule is CC#CCN1C2=CN(C)CN(CC3CCCO3)C2=NC1N1CCNCC1. The third-order valence-electron chi connectivity index (χ3n) is 5.44. The van der Waals surface area contributed by atoms with Crippen LogP contribution in [0.1, 0.15) is 19.8 Å². The Kier molecular flexibility index (Phi) is 5.34. The van der Waals surface area contributed by atoms with E-state index in [0.717, 1.165) is 58.3 Å². The van der Waals surface area contributed by atoms with E-state index in [1.165, 1.54) is 12.1 Å². The number of hydrogen-bond acceptors (Lipinski definition) is 7. The van der Waals surface area contributed by atoms with Gasteiger partial charge in [-0.1, -0.05) is 5.92 Å². The van der Waals surface area contributed by atoms with Crippen LogP contribution in [0.5, 0.6) is 0 Å². The van der Waals surface area contributed by atoms with Crippen molar-refractivity contribution in [3.63, 3.8) is 0 Å². The predicted molar refractivity (Wildman–Crippen MR) is 102 cm³/mol. The summed E-state index contributed by atoms with van der Waals surface area (Å²) in [4.78, 5) is 14.6. The van der Waals surface area contributed by atoms with E-state index in [9.17, 15) is 0 Å². The van der Waals surface area contributed by atoms with Crippen LogP contribution in [-0.2, 0) is 4.74 Å². The first kappa shape index (κ1) is 17.7. The van der Waals surface area contributed by atoms with Gasteiger partial charge in [-0.05, 0) is 19.8 Å². The molecule has 0 saturated carbocycles. The zero-order chi connectivity index (χ0) is 17.9. The minimum atomic E-state index is 0.0534. The van der Waals surface area contributed by atoms with Crippen molar-refractivity contribution in [3.05, 3.63) is 11.9 Å². The maximum Gasteiger partial charge on any atom is 0.182 e. The van der Waals surface area contributed by atoms with Gasteiger partial charge in [-0.2, -0.15) is 0 Å². The number of rotatable bonds is 4. The standard InChI is InChI=1S/C19H30N6O/c1-3-4-9-25-17-14-22(2)15-24(13-16-6-5-12-26-16)18(17)21-19(25)23-10-7-20-8-11-23/h14,16,19-20H,5-13,15H2,1-2H3. The maximum absolute atomic E-state index is 5.89. The molecule has 4 heterocycles. The average molecular weight is 358 g/mol. The molecule has 0 bridgehead atoms. The average Bonchev–Trinajstić information content (AvgIpc) is 3.28. The summed E-state index contributed by atoms with van der Waals surface area (Å²) < 4.78 is 5.89. The lowest BCUT2D eigenvalue weighted by molar-refractivity contribution is 0.0786. The van der Waals surface area contributed by atoms with Crippen LogP contribution in [0.2, 0.25) is 0 Å². The molecule has 2 atom stereocenters. The van der Waals surface area contributed by atoms with Gasteiger partial charge in [0.1, 0.15) is 0 Å². The van der Waals surface area contributed by atoms with Gasteiger partial charge in [0, 0.05) is 52.6 Å². The molecule has 4 aliphatic heterocycles. The van der Waals surface area contributed by atoms with Crippen molar-refractivity contribution in [2.45, 2.75) is 32.2 Å². The summed E-state index contributed by atoms with van der Waals surface area (Å²) in [6, 6.07) is 0. The first-order chi connectivity index (χ1) is 12.8. The predicted octanol–water partition coefficient (Wildman–Crippen LogP) is 0.138. The van der Waals surface area contributed by atoms with Gasteiger partial charge in [0.15, 0.2) is 12.1 Å². The summed E-state index contributed by atoms with van der Waals surface area (Å²) in [5.74, 6) is 7.41. The summed E-state index contributed by atoms with van der Waals surface area (Å²) in [5.41, 5.74) is 1.20. The topological polar surface area (TPSA) is 46.6 Å². The molecule has 0 aromatic heterocycles. The van der Waals surface area contributed by atoms with E-state index in [-0.39, 0.29) is 6.29 Å². The Morgan fingerprint density at radius 2 is 2.19 bits per heavy atom. The smallest absolute Gasteiger partial charge is 0.182 e. The second-order valence-electron chi connectivity index (χ2n) is 7.41. The minimum Gasteiger partial charge on any atom is -0.376 e. The summed E-state index contributed by atoms with van der Waals surface area (Å²) in [5, 5.41) is 3.44. The third-order valence-corrected chi connectivity index (χ3v) is 5.44. The molecule has 0 spiro atoms. The van der Waals surface area contributed by atoms with E-state index in [0.29, 0.717) is 12.6 Å². The van der Waals surface area contributed by atoms with Crippen LogP contribution in [0.15, 0.2) is 16.9 Å². The summed E-state index contributed by atoms with van der Waals surface area (Å²) >= 11 is 0. The molecule has 7 nitrogen and oxygen atoms in total. The minimum absolute atomic E-state index is 0.0534. The molecule has 4 rings (SSSR count). The van der Waals surface area contributed by atoms with Crippen molar-refractivity contribution in [2.75, 3.05) is 59.6 Å². The van der Waals surface area contributed by atoms with Gasteiger partial charge < -0.3 is 24.8 Å². The zero-order valence-electron chi connectivity index (χ0n) is 15.9. The number of piperazine rings is 1. The fourth-order valence-corrected chi connectivity index (χ4v) is 4.16. The van der Waals surface area contributed by atoms with Crippen LogP contribution < -0.4 is 5.32 Å². The molecule has 0 amide bonds. The number of ether oxygens (including phenoxy) is 1. The Labute approximate surface area is 156 Å². The van der Waals surface area contributed by atoms with Gasteiger partial charge >= 0.3 is 0 Å². The van der Waals surface area contributed by atoms with Gasteiger partial charge in [0.05, 0.1) is 25.0 Å². The highest BCUT2D eigenvalue weighted by molar-refractivity contribution is 6.00. The highest BCUT2D eigenvalue weighted by Gasteiger charge is 2.40. The molecular formula is C19H30N6O. The van der Waals surface area contributed by atoms with Crippen LogP contribution in [0.3, 0.4) is 0 Å². The molecule has 1 N–H and O–H groups in total. The Hall–Kier alpha value is -1.75.